The molecule has 4 nitrogen and oxygen atoms in total. The minimum Gasteiger partial charge on any atom is -0.493 e. The van der Waals surface area contributed by atoms with Crippen LogP contribution in [0.3, 0.4) is 0 Å². The maximum Gasteiger partial charge on any atom is 0.416 e. The fraction of sp³-hybridized carbons (Fsp3) is 0.136. The van der Waals surface area contributed by atoms with Crippen LogP contribution in [-0.2, 0) is 6.18 Å². The number of hydrogen-bond acceptors (Lipinski definition) is 4. The van der Waals surface area contributed by atoms with Crippen LogP contribution in [0.15, 0.2) is 59.0 Å². The van der Waals surface area contributed by atoms with Crippen LogP contribution >= 0.6 is 0 Å². The normalized spacial score (nSPS) is 11.8. The summed E-state index contributed by atoms with van der Waals surface area (Å²) >= 11 is 0. The molecule has 0 aliphatic carbocycles. The molecule has 0 amide bonds. The molecule has 3 aromatic rings. The van der Waals surface area contributed by atoms with E-state index in [0.29, 0.717) is 34.0 Å². The van der Waals surface area contributed by atoms with Gasteiger partial charge in [-0.1, -0.05) is 12.1 Å². The summed E-state index contributed by atoms with van der Waals surface area (Å²) in [6.45, 7) is 0. The second-order valence-corrected chi connectivity index (χ2v) is 6.02. The fourth-order valence-corrected chi connectivity index (χ4v) is 2.76. The van der Waals surface area contributed by atoms with Crippen molar-refractivity contribution >= 4 is 11.6 Å². The van der Waals surface area contributed by atoms with Gasteiger partial charge < -0.3 is 13.9 Å². The number of ether oxygens (including phenoxy) is 2. The van der Waals surface area contributed by atoms with E-state index in [2.05, 4.69) is 6.07 Å². The van der Waals surface area contributed by atoms with E-state index in [1.165, 1.54) is 32.4 Å². The monoisotopic (exact) mass is 399 g/mol. The SMILES string of the molecule is COc1ccc(/C(C#N)=C\c2ccc(-c3cccc(C(F)(F)F)c3)o2)cc1OC. The van der Waals surface area contributed by atoms with E-state index in [-0.39, 0.29) is 5.76 Å². The summed E-state index contributed by atoms with van der Waals surface area (Å²) < 4.78 is 54.8. The molecule has 0 aliphatic heterocycles. The molecule has 3 rings (SSSR count). The number of nitriles is 1. The zero-order valence-corrected chi connectivity index (χ0v) is 15.6. The van der Waals surface area contributed by atoms with E-state index in [1.807, 2.05) is 0 Å². The zero-order chi connectivity index (χ0) is 21.0. The first kappa shape index (κ1) is 20.1. The van der Waals surface area contributed by atoms with E-state index >= 15 is 0 Å². The highest BCUT2D eigenvalue weighted by Gasteiger charge is 2.30. The van der Waals surface area contributed by atoms with Gasteiger partial charge in [-0.15, -0.1) is 0 Å². The molecule has 0 saturated carbocycles. The molecule has 2 aromatic carbocycles. The summed E-state index contributed by atoms with van der Waals surface area (Å²) in [6, 6.07) is 15.1. The van der Waals surface area contributed by atoms with Gasteiger partial charge in [0.1, 0.15) is 11.5 Å². The highest BCUT2D eigenvalue weighted by molar-refractivity contribution is 5.89. The number of rotatable bonds is 5. The van der Waals surface area contributed by atoms with Crippen LogP contribution in [0.4, 0.5) is 13.2 Å². The molecule has 0 saturated heterocycles. The van der Waals surface area contributed by atoms with E-state index in [9.17, 15) is 18.4 Å². The average Bonchev–Trinajstić information content (AvgIpc) is 3.19. The molecular weight excluding hydrogens is 383 g/mol. The third-order valence-corrected chi connectivity index (χ3v) is 4.20. The lowest BCUT2D eigenvalue weighted by Gasteiger charge is -2.09. The maximum atomic E-state index is 12.9. The van der Waals surface area contributed by atoms with Crippen molar-refractivity contribution in [3.63, 3.8) is 0 Å². The summed E-state index contributed by atoms with van der Waals surface area (Å²) in [7, 11) is 3.00. The first-order valence-corrected chi connectivity index (χ1v) is 8.47. The van der Waals surface area contributed by atoms with Gasteiger partial charge in [0.05, 0.1) is 31.4 Å². The number of benzene rings is 2. The number of hydrogen-bond donors (Lipinski definition) is 0. The Kier molecular flexibility index (Phi) is 5.64. The van der Waals surface area contributed by atoms with Gasteiger partial charge in [0.2, 0.25) is 0 Å². The third kappa shape index (κ3) is 4.43. The molecule has 0 unspecified atom stereocenters. The van der Waals surface area contributed by atoms with Crippen molar-refractivity contribution in [1.82, 2.24) is 0 Å². The van der Waals surface area contributed by atoms with Gasteiger partial charge >= 0.3 is 6.18 Å². The lowest BCUT2D eigenvalue weighted by molar-refractivity contribution is -0.137. The molecule has 0 atom stereocenters. The van der Waals surface area contributed by atoms with Crippen molar-refractivity contribution in [3.05, 3.63) is 71.5 Å². The first-order valence-electron chi connectivity index (χ1n) is 8.47. The Morgan fingerprint density at radius 1 is 1.00 bits per heavy atom. The maximum absolute atomic E-state index is 12.9. The summed E-state index contributed by atoms with van der Waals surface area (Å²) in [4.78, 5) is 0. The van der Waals surface area contributed by atoms with E-state index in [1.54, 1.807) is 30.3 Å². The Hall–Kier alpha value is -3.66. The molecule has 0 bridgehead atoms. The first-order chi connectivity index (χ1) is 13.9. The van der Waals surface area contributed by atoms with Crippen molar-refractivity contribution in [1.29, 1.82) is 5.26 Å². The Bertz CT molecular complexity index is 1090. The standard InChI is InChI=1S/C22H16F3NO3/c1-27-20-8-6-14(12-21(20)28-2)16(13-26)11-18-7-9-19(29-18)15-4-3-5-17(10-15)22(23,24)25/h3-12H,1-2H3/b16-11-. The fourth-order valence-electron chi connectivity index (χ4n) is 2.76. The molecule has 0 N–H and O–H groups in total. The minimum atomic E-state index is -4.44. The number of allylic oxidation sites excluding steroid dienone is 1. The molecule has 7 heteroatoms. The number of alkyl halides is 3. The van der Waals surface area contributed by atoms with Crippen LogP contribution < -0.4 is 9.47 Å². The molecule has 0 fully saturated rings. The smallest absolute Gasteiger partial charge is 0.416 e. The van der Waals surface area contributed by atoms with Gasteiger partial charge in [-0.05, 0) is 54.1 Å². The number of nitrogens with zero attached hydrogens (tertiary/aromatic N) is 1. The zero-order valence-electron chi connectivity index (χ0n) is 15.6. The Labute approximate surface area is 165 Å². The summed E-state index contributed by atoms with van der Waals surface area (Å²) in [5, 5.41) is 9.52. The molecule has 148 valence electrons. The van der Waals surface area contributed by atoms with Crippen LogP contribution in [0.2, 0.25) is 0 Å². The van der Waals surface area contributed by atoms with Gasteiger partial charge in [0, 0.05) is 5.56 Å². The molecule has 0 radical (unpaired) electrons. The predicted molar refractivity (Wildman–Crippen MR) is 102 cm³/mol. The quantitative estimate of drug-likeness (QED) is 0.490. The number of halogens is 3. The Balaban J connectivity index is 1.94. The highest BCUT2D eigenvalue weighted by Crippen LogP contribution is 2.34. The predicted octanol–water partition coefficient (Wildman–Crippen LogP) is 6.05. The van der Waals surface area contributed by atoms with Gasteiger partial charge in [0.25, 0.3) is 0 Å². The molecular formula is C22H16F3NO3. The highest BCUT2D eigenvalue weighted by atomic mass is 19.4. The summed E-state index contributed by atoms with van der Waals surface area (Å²) in [5.41, 5.74) is 0.425. The van der Waals surface area contributed by atoms with E-state index < -0.39 is 11.7 Å². The lowest BCUT2D eigenvalue weighted by Crippen LogP contribution is -2.04. The molecule has 29 heavy (non-hydrogen) atoms. The van der Waals surface area contributed by atoms with E-state index in [0.717, 1.165) is 12.1 Å². The summed E-state index contributed by atoms with van der Waals surface area (Å²) in [6.07, 6.45) is -2.93. The molecule has 1 heterocycles. The largest absolute Gasteiger partial charge is 0.493 e. The molecule has 1 aromatic heterocycles. The van der Waals surface area contributed by atoms with Crippen molar-refractivity contribution in [2.75, 3.05) is 14.2 Å². The third-order valence-electron chi connectivity index (χ3n) is 4.20. The second kappa shape index (κ2) is 8.15. The van der Waals surface area contributed by atoms with Crippen molar-refractivity contribution in [2.45, 2.75) is 6.18 Å². The summed E-state index contributed by atoms with van der Waals surface area (Å²) in [5.74, 6) is 1.60. The van der Waals surface area contributed by atoms with Crippen LogP contribution in [0.5, 0.6) is 11.5 Å². The lowest BCUT2D eigenvalue weighted by atomic mass is 10.1. The van der Waals surface area contributed by atoms with Gasteiger partial charge in [0.15, 0.2) is 11.5 Å². The molecule has 0 aliphatic rings. The Morgan fingerprint density at radius 3 is 2.41 bits per heavy atom. The van der Waals surface area contributed by atoms with Crippen LogP contribution in [0.1, 0.15) is 16.9 Å². The van der Waals surface area contributed by atoms with Gasteiger partial charge in [-0.3, -0.25) is 0 Å². The second-order valence-electron chi connectivity index (χ2n) is 6.02. The van der Waals surface area contributed by atoms with Crippen LogP contribution in [0, 0.1) is 11.3 Å². The topological polar surface area (TPSA) is 55.4 Å². The minimum absolute atomic E-state index is 0.270. The van der Waals surface area contributed by atoms with E-state index in [4.69, 9.17) is 13.9 Å². The van der Waals surface area contributed by atoms with Crippen molar-refractivity contribution in [2.24, 2.45) is 0 Å². The molecule has 0 spiro atoms. The average molecular weight is 399 g/mol. The van der Waals surface area contributed by atoms with Crippen molar-refractivity contribution < 1.29 is 27.1 Å². The van der Waals surface area contributed by atoms with Crippen LogP contribution in [0.25, 0.3) is 23.0 Å². The van der Waals surface area contributed by atoms with Crippen LogP contribution in [-0.4, -0.2) is 14.2 Å². The van der Waals surface area contributed by atoms with Gasteiger partial charge in [-0.2, -0.15) is 18.4 Å². The number of methoxy groups -OCH3 is 2. The number of furan rings is 1. The van der Waals surface area contributed by atoms with Crippen molar-refractivity contribution in [3.8, 4) is 28.9 Å². The van der Waals surface area contributed by atoms with Gasteiger partial charge in [-0.25, -0.2) is 0 Å². The Morgan fingerprint density at radius 2 is 1.76 bits per heavy atom.